The lowest BCUT2D eigenvalue weighted by Crippen LogP contribution is -2.30. The number of carbonyl (C=O) groups excluding carboxylic acids is 1. The van der Waals surface area contributed by atoms with Crippen molar-refractivity contribution < 1.29 is 17.9 Å². The van der Waals surface area contributed by atoms with Crippen LogP contribution in [0.15, 0.2) is 42.5 Å². The summed E-state index contributed by atoms with van der Waals surface area (Å²) in [6.07, 6.45) is 1.13. The summed E-state index contributed by atoms with van der Waals surface area (Å²) in [6, 6.07) is 13.0. The molecule has 0 aliphatic rings. The van der Waals surface area contributed by atoms with Crippen molar-refractivity contribution in [3.63, 3.8) is 0 Å². The van der Waals surface area contributed by atoms with Crippen LogP contribution in [0.5, 0.6) is 5.75 Å². The van der Waals surface area contributed by atoms with Gasteiger partial charge in [0, 0.05) is 12.6 Å². The third-order valence-corrected chi connectivity index (χ3v) is 5.95. The first-order valence-corrected chi connectivity index (χ1v) is 11.3. The standard InChI is InChI=1S/C22H30N2O4S/c1-16-19(8-7-9-20(16)24(5)29(6,26)27)21(25)23-14-15-28-18-12-10-17(11-13-18)22(2,3)4/h7-13H,14-15H2,1-6H3,(H,23,25). The van der Waals surface area contributed by atoms with Crippen LogP contribution in [0, 0.1) is 6.92 Å². The zero-order valence-electron chi connectivity index (χ0n) is 17.9. The molecule has 2 rings (SSSR count). The first-order chi connectivity index (χ1) is 13.4. The molecule has 158 valence electrons. The quantitative estimate of drug-likeness (QED) is 0.699. The summed E-state index contributed by atoms with van der Waals surface area (Å²) in [4.78, 5) is 12.5. The maximum absolute atomic E-state index is 12.5. The van der Waals surface area contributed by atoms with Crippen molar-refractivity contribution in [2.75, 3.05) is 30.8 Å². The van der Waals surface area contributed by atoms with Gasteiger partial charge in [0.1, 0.15) is 12.4 Å². The van der Waals surface area contributed by atoms with Gasteiger partial charge in [-0.2, -0.15) is 0 Å². The molecule has 0 unspecified atom stereocenters. The number of rotatable bonds is 7. The van der Waals surface area contributed by atoms with Crippen LogP contribution in [0.25, 0.3) is 0 Å². The zero-order valence-corrected chi connectivity index (χ0v) is 18.8. The van der Waals surface area contributed by atoms with Crippen LogP contribution in [-0.4, -0.2) is 40.8 Å². The van der Waals surface area contributed by atoms with E-state index in [9.17, 15) is 13.2 Å². The lowest BCUT2D eigenvalue weighted by atomic mass is 9.87. The number of amides is 1. The van der Waals surface area contributed by atoms with Gasteiger partial charge < -0.3 is 10.1 Å². The van der Waals surface area contributed by atoms with E-state index in [0.717, 1.165) is 12.0 Å². The number of anilines is 1. The van der Waals surface area contributed by atoms with E-state index in [2.05, 4.69) is 26.1 Å². The van der Waals surface area contributed by atoms with Crippen molar-refractivity contribution >= 4 is 21.6 Å². The van der Waals surface area contributed by atoms with Crippen LogP contribution in [0.3, 0.4) is 0 Å². The fraction of sp³-hybridized carbons (Fsp3) is 0.409. The van der Waals surface area contributed by atoms with Crippen molar-refractivity contribution in [3.05, 3.63) is 59.2 Å². The average Bonchev–Trinajstić information content (AvgIpc) is 2.63. The molecule has 0 aliphatic heterocycles. The zero-order chi connectivity index (χ0) is 21.8. The van der Waals surface area contributed by atoms with Crippen molar-refractivity contribution in [1.29, 1.82) is 0 Å². The molecule has 0 bridgehead atoms. The highest BCUT2D eigenvalue weighted by Gasteiger charge is 2.18. The van der Waals surface area contributed by atoms with Gasteiger partial charge in [-0.3, -0.25) is 9.10 Å². The molecule has 0 fully saturated rings. The number of nitrogens with one attached hydrogen (secondary N) is 1. The summed E-state index contributed by atoms with van der Waals surface area (Å²) in [5, 5.41) is 2.82. The monoisotopic (exact) mass is 418 g/mol. The number of nitrogens with zero attached hydrogens (tertiary/aromatic N) is 1. The van der Waals surface area contributed by atoms with Crippen LogP contribution in [0.1, 0.15) is 42.3 Å². The van der Waals surface area contributed by atoms with Gasteiger partial charge in [0.15, 0.2) is 0 Å². The minimum Gasteiger partial charge on any atom is -0.492 e. The molecule has 0 radical (unpaired) electrons. The molecule has 0 heterocycles. The van der Waals surface area contributed by atoms with E-state index in [1.54, 1.807) is 25.1 Å². The van der Waals surface area contributed by atoms with E-state index in [4.69, 9.17) is 4.74 Å². The summed E-state index contributed by atoms with van der Waals surface area (Å²) in [7, 11) is -1.93. The van der Waals surface area contributed by atoms with Gasteiger partial charge >= 0.3 is 0 Å². The van der Waals surface area contributed by atoms with Crippen molar-refractivity contribution in [2.24, 2.45) is 0 Å². The largest absolute Gasteiger partial charge is 0.492 e. The number of hydrogen-bond acceptors (Lipinski definition) is 4. The molecule has 1 amide bonds. The third-order valence-electron chi connectivity index (χ3n) is 4.76. The van der Waals surface area contributed by atoms with E-state index >= 15 is 0 Å². The molecular formula is C22H30N2O4S. The SMILES string of the molecule is Cc1c(C(=O)NCCOc2ccc(C(C)(C)C)cc2)cccc1N(C)S(C)(=O)=O. The molecule has 29 heavy (non-hydrogen) atoms. The number of hydrogen-bond donors (Lipinski definition) is 1. The van der Waals surface area contributed by atoms with E-state index in [0.29, 0.717) is 30.0 Å². The van der Waals surface area contributed by atoms with E-state index in [1.165, 1.54) is 16.9 Å². The summed E-state index contributed by atoms with van der Waals surface area (Å²) in [5.74, 6) is 0.484. The molecule has 1 N–H and O–H groups in total. The second-order valence-electron chi connectivity index (χ2n) is 8.06. The number of carbonyl (C=O) groups is 1. The Morgan fingerprint density at radius 2 is 1.72 bits per heavy atom. The van der Waals surface area contributed by atoms with Gasteiger partial charge in [0.2, 0.25) is 10.0 Å². The van der Waals surface area contributed by atoms with Crippen LogP contribution in [0.4, 0.5) is 5.69 Å². The third kappa shape index (κ3) is 5.97. The summed E-state index contributed by atoms with van der Waals surface area (Å²) in [6.45, 7) is 8.88. The lowest BCUT2D eigenvalue weighted by molar-refractivity contribution is 0.0946. The number of benzene rings is 2. The highest BCUT2D eigenvalue weighted by molar-refractivity contribution is 7.92. The van der Waals surface area contributed by atoms with Crippen molar-refractivity contribution in [1.82, 2.24) is 5.32 Å². The molecule has 0 aliphatic carbocycles. The molecule has 0 atom stereocenters. The molecule has 0 saturated heterocycles. The Labute approximate surface area is 173 Å². The first kappa shape index (κ1) is 22.7. The van der Waals surface area contributed by atoms with Gasteiger partial charge in [-0.05, 0) is 47.7 Å². The van der Waals surface area contributed by atoms with Crippen molar-refractivity contribution in [2.45, 2.75) is 33.1 Å². The van der Waals surface area contributed by atoms with Crippen LogP contribution >= 0.6 is 0 Å². The lowest BCUT2D eigenvalue weighted by Gasteiger charge is -2.20. The average molecular weight is 419 g/mol. The highest BCUT2D eigenvalue weighted by Crippen LogP contribution is 2.25. The van der Waals surface area contributed by atoms with Crippen LogP contribution < -0.4 is 14.4 Å². The predicted molar refractivity (Wildman–Crippen MR) is 117 cm³/mol. The molecule has 7 heteroatoms. The molecule has 2 aromatic carbocycles. The molecule has 2 aromatic rings. The second-order valence-corrected chi connectivity index (χ2v) is 10.1. The molecule has 0 saturated carbocycles. The van der Waals surface area contributed by atoms with E-state index in [-0.39, 0.29) is 11.3 Å². The van der Waals surface area contributed by atoms with E-state index < -0.39 is 10.0 Å². The summed E-state index contributed by atoms with van der Waals surface area (Å²) < 4.78 is 30.5. The van der Waals surface area contributed by atoms with Gasteiger partial charge in [-0.1, -0.05) is 39.0 Å². The van der Waals surface area contributed by atoms with Gasteiger partial charge in [0.25, 0.3) is 5.91 Å². The fourth-order valence-electron chi connectivity index (χ4n) is 2.87. The fourth-order valence-corrected chi connectivity index (χ4v) is 3.42. The highest BCUT2D eigenvalue weighted by atomic mass is 32.2. The first-order valence-electron chi connectivity index (χ1n) is 9.46. The smallest absolute Gasteiger partial charge is 0.251 e. The van der Waals surface area contributed by atoms with Gasteiger partial charge in [-0.15, -0.1) is 0 Å². The molecule has 0 aromatic heterocycles. The van der Waals surface area contributed by atoms with Gasteiger partial charge in [0.05, 0.1) is 18.5 Å². The Bertz CT molecular complexity index is 961. The summed E-state index contributed by atoms with van der Waals surface area (Å²) >= 11 is 0. The number of ether oxygens (including phenoxy) is 1. The van der Waals surface area contributed by atoms with Crippen LogP contribution in [-0.2, 0) is 15.4 Å². The Hall–Kier alpha value is -2.54. The molecule has 0 spiro atoms. The maximum Gasteiger partial charge on any atom is 0.251 e. The Kier molecular flexibility index (Phi) is 6.95. The van der Waals surface area contributed by atoms with Crippen molar-refractivity contribution in [3.8, 4) is 5.75 Å². The minimum atomic E-state index is -3.40. The Morgan fingerprint density at radius 1 is 1.10 bits per heavy atom. The van der Waals surface area contributed by atoms with Crippen LogP contribution in [0.2, 0.25) is 0 Å². The molecule has 6 nitrogen and oxygen atoms in total. The predicted octanol–water partition coefficient (Wildman–Crippen LogP) is 3.50. The topological polar surface area (TPSA) is 75.7 Å². The Balaban J connectivity index is 1.95. The second kappa shape index (κ2) is 8.86. The normalized spacial score (nSPS) is 11.8. The van der Waals surface area contributed by atoms with E-state index in [1.807, 2.05) is 24.3 Å². The maximum atomic E-state index is 12.5. The Morgan fingerprint density at radius 3 is 2.28 bits per heavy atom. The molecular weight excluding hydrogens is 388 g/mol. The number of sulfonamides is 1. The van der Waals surface area contributed by atoms with Gasteiger partial charge in [-0.25, -0.2) is 8.42 Å². The minimum absolute atomic E-state index is 0.0874. The summed E-state index contributed by atoms with van der Waals surface area (Å²) in [5.41, 5.74) is 2.84.